The minimum absolute atomic E-state index is 0.243. The van der Waals surface area contributed by atoms with Crippen molar-refractivity contribution in [1.29, 1.82) is 0 Å². The zero-order valence-corrected chi connectivity index (χ0v) is 21.5. The summed E-state index contributed by atoms with van der Waals surface area (Å²) in [6.07, 6.45) is 1.01. The van der Waals surface area contributed by atoms with Gasteiger partial charge in [0.15, 0.2) is 0 Å². The molecule has 9 nitrogen and oxygen atoms in total. The average molecular weight is 489 g/mol. The summed E-state index contributed by atoms with van der Waals surface area (Å²) in [5.41, 5.74) is 8.92. The third kappa shape index (κ3) is 6.69. The summed E-state index contributed by atoms with van der Waals surface area (Å²) in [4.78, 5) is 30.2. The van der Waals surface area contributed by atoms with Gasteiger partial charge in [0.05, 0.1) is 0 Å². The van der Waals surface area contributed by atoms with E-state index in [0.717, 1.165) is 43.9 Å². The molecule has 9 heteroatoms. The summed E-state index contributed by atoms with van der Waals surface area (Å²) in [6.45, 7) is 9.96. The molecule has 190 valence electrons. The highest BCUT2D eigenvalue weighted by molar-refractivity contribution is 5.94. The first-order valence-electron chi connectivity index (χ1n) is 12.4. The first kappa shape index (κ1) is 25.4. The van der Waals surface area contributed by atoms with E-state index in [1.807, 2.05) is 31.0 Å². The molecule has 1 aliphatic rings. The third-order valence-corrected chi connectivity index (χ3v) is 6.23. The van der Waals surface area contributed by atoms with Crippen LogP contribution in [0, 0.1) is 12.8 Å². The molecule has 0 aliphatic carbocycles. The fourth-order valence-electron chi connectivity index (χ4n) is 4.43. The Bertz CT molecular complexity index is 1180. The van der Waals surface area contributed by atoms with Crippen molar-refractivity contribution in [2.45, 2.75) is 39.8 Å². The topological polar surface area (TPSA) is 112 Å². The van der Waals surface area contributed by atoms with Crippen molar-refractivity contribution in [3.63, 3.8) is 0 Å². The molecule has 1 atom stereocenters. The summed E-state index contributed by atoms with van der Waals surface area (Å²) in [5.74, 6) is 1.52. The maximum Gasteiger partial charge on any atom is 0.248 e. The fraction of sp³-hybridized carbons (Fsp3) is 0.407. The van der Waals surface area contributed by atoms with Gasteiger partial charge >= 0.3 is 0 Å². The summed E-state index contributed by atoms with van der Waals surface area (Å²) in [6, 6.07) is 16.1. The molecule has 0 saturated carbocycles. The number of likely N-dealkylation sites (tertiary alicyclic amines) is 1. The first-order chi connectivity index (χ1) is 17.3. The monoisotopic (exact) mass is 488 g/mol. The predicted molar refractivity (Wildman–Crippen MR) is 145 cm³/mol. The van der Waals surface area contributed by atoms with Crippen molar-refractivity contribution in [1.82, 2.24) is 19.9 Å². The Morgan fingerprint density at radius 2 is 1.89 bits per heavy atom. The molecule has 2 aromatic carbocycles. The number of carbonyl (C=O) groups is 1. The maximum absolute atomic E-state index is 11.7. The van der Waals surface area contributed by atoms with Gasteiger partial charge in [0.1, 0.15) is 0 Å². The van der Waals surface area contributed by atoms with Crippen molar-refractivity contribution in [3.05, 3.63) is 65.2 Å². The van der Waals surface area contributed by atoms with Crippen LogP contribution in [0.25, 0.3) is 0 Å². The van der Waals surface area contributed by atoms with E-state index < -0.39 is 5.91 Å². The normalized spacial score (nSPS) is 15.8. The Morgan fingerprint density at radius 3 is 2.61 bits per heavy atom. The minimum atomic E-state index is -0.477. The number of hydrogen-bond acceptors (Lipinski definition) is 8. The molecule has 0 bridgehead atoms. The van der Waals surface area contributed by atoms with Crippen LogP contribution >= 0.6 is 0 Å². The van der Waals surface area contributed by atoms with Crippen molar-refractivity contribution < 1.29 is 4.79 Å². The van der Waals surface area contributed by atoms with Crippen LogP contribution in [0.2, 0.25) is 0 Å². The summed E-state index contributed by atoms with van der Waals surface area (Å²) >= 11 is 0. The van der Waals surface area contributed by atoms with E-state index >= 15 is 0 Å². The molecule has 0 radical (unpaired) electrons. The summed E-state index contributed by atoms with van der Waals surface area (Å²) in [7, 11) is 1.99. The molecule has 3 aromatic rings. The van der Waals surface area contributed by atoms with Crippen LogP contribution in [0.5, 0.6) is 0 Å². The van der Waals surface area contributed by atoms with Crippen molar-refractivity contribution in [2.75, 3.05) is 42.2 Å². The van der Waals surface area contributed by atoms with Crippen LogP contribution in [0.3, 0.4) is 0 Å². The second-order valence-corrected chi connectivity index (χ2v) is 9.93. The Labute approximate surface area is 213 Å². The number of carbonyl (C=O) groups excluding carboxylic acids is 1. The number of amides is 1. The number of nitrogens with zero attached hydrogens (tertiary/aromatic N) is 5. The molecular formula is C27H36N8O. The van der Waals surface area contributed by atoms with Gasteiger partial charge in [0, 0.05) is 50.5 Å². The zero-order valence-electron chi connectivity index (χ0n) is 21.5. The smallest absolute Gasteiger partial charge is 0.248 e. The number of aromatic nitrogens is 3. The van der Waals surface area contributed by atoms with Gasteiger partial charge in [-0.2, -0.15) is 15.0 Å². The molecule has 0 spiro atoms. The minimum Gasteiger partial charge on any atom is -0.366 e. The van der Waals surface area contributed by atoms with Crippen LogP contribution < -0.4 is 21.3 Å². The van der Waals surface area contributed by atoms with Crippen molar-refractivity contribution in [2.24, 2.45) is 11.7 Å². The third-order valence-electron chi connectivity index (χ3n) is 6.23. The van der Waals surface area contributed by atoms with E-state index in [1.165, 1.54) is 5.56 Å². The molecule has 1 aliphatic heterocycles. The van der Waals surface area contributed by atoms with E-state index in [1.54, 1.807) is 12.1 Å². The lowest BCUT2D eigenvalue weighted by Crippen LogP contribution is -2.28. The van der Waals surface area contributed by atoms with Gasteiger partial charge < -0.3 is 21.3 Å². The molecule has 4 N–H and O–H groups in total. The number of rotatable bonds is 10. The van der Waals surface area contributed by atoms with Crippen LogP contribution in [0.1, 0.15) is 41.8 Å². The Balaban J connectivity index is 1.53. The molecule has 1 aromatic heterocycles. The fourth-order valence-corrected chi connectivity index (χ4v) is 4.43. The molecule has 36 heavy (non-hydrogen) atoms. The van der Waals surface area contributed by atoms with Gasteiger partial charge in [-0.25, -0.2) is 0 Å². The van der Waals surface area contributed by atoms with Gasteiger partial charge in [-0.1, -0.05) is 50.2 Å². The van der Waals surface area contributed by atoms with Gasteiger partial charge in [-0.05, 0) is 42.5 Å². The first-order valence-corrected chi connectivity index (χ1v) is 12.4. The average Bonchev–Trinajstić information content (AvgIpc) is 3.27. The summed E-state index contributed by atoms with van der Waals surface area (Å²) < 4.78 is 0. The lowest BCUT2D eigenvalue weighted by Gasteiger charge is -2.22. The molecule has 1 fully saturated rings. The molecule has 1 amide bonds. The highest BCUT2D eigenvalue weighted by Crippen LogP contribution is 2.23. The largest absolute Gasteiger partial charge is 0.366 e. The highest BCUT2D eigenvalue weighted by Gasteiger charge is 2.24. The number of nitrogens with one attached hydrogen (secondary N) is 2. The van der Waals surface area contributed by atoms with Gasteiger partial charge in [0.25, 0.3) is 0 Å². The molecule has 2 heterocycles. The van der Waals surface area contributed by atoms with Crippen molar-refractivity contribution >= 4 is 29.4 Å². The second-order valence-electron chi connectivity index (χ2n) is 9.93. The molecular weight excluding hydrogens is 452 g/mol. The number of hydrogen-bond donors (Lipinski definition) is 3. The molecule has 4 rings (SSSR count). The maximum atomic E-state index is 11.7. The predicted octanol–water partition coefficient (Wildman–Crippen LogP) is 3.80. The van der Waals surface area contributed by atoms with Crippen LogP contribution in [0.4, 0.5) is 23.5 Å². The lowest BCUT2D eigenvalue weighted by atomic mass is 10.1. The number of aryl methyl sites for hydroxylation is 1. The van der Waals surface area contributed by atoms with E-state index in [0.29, 0.717) is 29.3 Å². The van der Waals surface area contributed by atoms with E-state index in [9.17, 15) is 4.79 Å². The number of benzene rings is 2. The van der Waals surface area contributed by atoms with E-state index in [4.69, 9.17) is 10.7 Å². The highest BCUT2D eigenvalue weighted by atomic mass is 16.1. The van der Waals surface area contributed by atoms with Crippen LogP contribution in [0.15, 0.2) is 48.5 Å². The number of nitrogens with two attached hydrogens (primary N) is 1. The Kier molecular flexibility index (Phi) is 8.00. The van der Waals surface area contributed by atoms with Crippen LogP contribution in [-0.4, -0.2) is 58.5 Å². The van der Waals surface area contributed by atoms with Gasteiger partial charge in [-0.3, -0.25) is 9.69 Å². The SMILES string of the molecule is Cc1ccc(C(N)=O)cc1Nc1nc(N[C@H]2CCN(Cc3ccccc3)C2)nc(N(C)CC(C)C)n1. The zero-order chi connectivity index (χ0) is 25.7. The standard InChI is InChI=1S/C27H36N8O/c1-18(2)15-34(4)27-32-25(29-22-12-13-35(17-22)16-20-8-6-5-7-9-20)31-26(33-27)30-23-14-21(24(28)36)11-10-19(23)3/h5-11,14,18,22H,12-13,15-17H2,1-4H3,(H2,28,36)(H2,29,30,31,32,33)/t22-/m0/s1. The van der Waals surface area contributed by atoms with Gasteiger partial charge in [0.2, 0.25) is 23.8 Å². The quantitative estimate of drug-likeness (QED) is 0.395. The Hall–Kier alpha value is -3.72. The number of primary amides is 1. The summed E-state index contributed by atoms with van der Waals surface area (Å²) in [5, 5.41) is 6.81. The lowest BCUT2D eigenvalue weighted by molar-refractivity contribution is 0.100. The van der Waals surface area contributed by atoms with Gasteiger partial charge in [-0.15, -0.1) is 0 Å². The van der Waals surface area contributed by atoms with E-state index in [-0.39, 0.29) is 6.04 Å². The Morgan fingerprint density at radius 1 is 1.14 bits per heavy atom. The van der Waals surface area contributed by atoms with Crippen LogP contribution in [-0.2, 0) is 6.54 Å². The molecule has 1 saturated heterocycles. The van der Waals surface area contributed by atoms with Crippen molar-refractivity contribution in [3.8, 4) is 0 Å². The van der Waals surface area contributed by atoms with E-state index in [2.05, 4.69) is 63.6 Å². The molecule has 0 unspecified atom stereocenters. The number of anilines is 4. The second kappa shape index (κ2) is 11.3.